The highest BCUT2D eigenvalue weighted by Crippen LogP contribution is 2.38. The number of nitrogens with zero attached hydrogens (tertiary/aromatic N) is 2. The minimum absolute atomic E-state index is 0.0898. The Labute approximate surface area is 162 Å². The molecule has 0 saturated carbocycles. The van der Waals surface area contributed by atoms with Crippen molar-refractivity contribution >= 4 is 35.1 Å². The second-order valence-electron chi connectivity index (χ2n) is 6.49. The van der Waals surface area contributed by atoms with Gasteiger partial charge in [0.05, 0.1) is 16.5 Å². The first kappa shape index (κ1) is 18.8. The number of nitrogens with two attached hydrogens (primary N) is 1. The zero-order chi connectivity index (χ0) is 19.6. The molecule has 1 aliphatic heterocycles. The smallest absolute Gasteiger partial charge is 0.274 e. The molecule has 0 saturated heterocycles. The number of carbonyl (C=O) groups excluding carboxylic acids is 2. The molecule has 3 rings (SSSR count). The Balaban J connectivity index is 1.91. The fraction of sp³-hybridized carbons (Fsp3) is 0.263. The number of nitrogens with one attached hydrogen (secondary N) is 2. The number of halogens is 1. The lowest BCUT2D eigenvalue weighted by Gasteiger charge is -2.37. The number of guanidine groups is 1. The van der Waals surface area contributed by atoms with Crippen molar-refractivity contribution in [1.82, 2.24) is 10.3 Å². The quantitative estimate of drug-likeness (QED) is 0.751. The summed E-state index contributed by atoms with van der Waals surface area (Å²) in [7, 11) is 0. The molecule has 0 radical (unpaired) electrons. The van der Waals surface area contributed by atoms with E-state index in [1.54, 1.807) is 30.3 Å². The lowest BCUT2D eigenvalue weighted by molar-refractivity contribution is -0.126. The average molecular weight is 386 g/mol. The fourth-order valence-electron chi connectivity index (χ4n) is 3.29. The summed E-state index contributed by atoms with van der Waals surface area (Å²) in [4.78, 5) is 33.2. The van der Waals surface area contributed by atoms with Gasteiger partial charge >= 0.3 is 0 Å². The van der Waals surface area contributed by atoms with E-state index in [1.807, 2.05) is 19.9 Å². The third-order valence-electron chi connectivity index (χ3n) is 4.67. The van der Waals surface area contributed by atoms with Crippen LogP contribution < -0.4 is 16.4 Å². The molecular weight excluding hydrogens is 366 g/mol. The van der Waals surface area contributed by atoms with Gasteiger partial charge in [0.25, 0.3) is 5.91 Å². The van der Waals surface area contributed by atoms with E-state index in [4.69, 9.17) is 17.3 Å². The van der Waals surface area contributed by atoms with E-state index in [1.165, 1.54) is 6.20 Å². The summed E-state index contributed by atoms with van der Waals surface area (Å²) in [6.45, 7) is 3.80. The topological polar surface area (TPSA) is 109 Å². The molecule has 4 N–H and O–H groups in total. The second kappa shape index (κ2) is 7.36. The summed E-state index contributed by atoms with van der Waals surface area (Å²) in [6, 6.07) is 10.4. The van der Waals surface area contributed by atoms with Crippen molar-refractivity contribution in [1.29, 1.82) is 0 Å². The Morgan fingerprint density at radius 2 is 2.15 bits per heavy atom. The number of amides is 2. The Morgan fingerprint density at radius 1 is 1.37 bits per heavy atom. The number of anilines is 1. The number of hydrogen-bond donors (Lipinski definition) is 3. The first-order valence-corrected chi connectivity index (χ1v) is 8.91. The predicted molar refractivity (Wildman–Crippen MR) is 105 cm³/mol. The van der Waals surface area contributed by atoms with Crippen LogP contribution in [0.5, 0.6) is 0 Å². The van der Waals surface area contributed by atoms with E-state index in [0.29, 0.717) is 17.1 Å². The number of aliphatic imine (C=N–C) groups is 1. The van der Waals surface area contributed by atoms with Gasteiger partial charge in [-0.25, -0.2) is 9.98 Å². The van der Waals surface area contributed by atoms with Gasteiger partial charge in [0.15, 0.2) is 5.96 Å². The summed E-state index contributed by atoms with van der Waals surface area (Å²) in [5, 5.41) is 5.84. The van der Waals surface area contributed by atoms with Crippen LogP contribution in [0.25, 0.3) is 0 Å². The van der Waals surface area contributed by atoms with Crippen molar-refractivity contribution in [2.75, 3.05) is 5.32 Å². The highest BCUT2D eigenvalue weighted by Gasteiger charge is 2.42. The minimum Gasteiger partial charge on any atom is -0.370 e. The van der Waals surface area contributed by atoms with Gasteiger partial charge in [-0.05, 0) is 43.2 Å². The van der Waals surface area contributed by atoms with Crippen LogP contribution in [0, 0.1) is 5.92 Å². The maximum absolute atomic E-state index is 12.4. The Kier molecular flexibility index (Phi) is 5.14. The standard InChI is InChI=1S/C19H20ClN5O2/c1-3-14-16(26)24-18(21)25-19(14,2)11-5-4-6-13(9-11)23-17(27)15-8-7-12(20)10-22-15/h4-10,14H,3H2,1-2H3,(H,23,27)(H3,21,24,25,26)/t14?,19-/m1/s1. The normalized spacial score (nSPS) is 22.0. The lowest BCUT2D eigenvalue weighted by atomic mass is 9.77. The van der Waals surface area contributed by atoms with E-state index in [2.05, 4.69) is 20.6 Å². The highest BCUT2D eigenvalue weighted by atomic mass is 35.5. The SMILES string of the molecule is CCC1C(=O)NC(N)=N[C@]1(C)c1cccc(NC(=O)c2ccc(Cl)cn2)c1. The number of carbonyl (C=O) groups is 2. The summed E-state index contributed by atoms with van der Waals surface area (Å²) in [5.41, 5.74) is 6.58. The lowest BCUT2D eigenvalue weighted by Crippen LogP contribution is -2.52. The first-order valence-electron chi connectivity index (χ1n) is 8.53. The Hall–Kier alpha value is -2.93. The van der Waals surface area contributed by atoms with E-state index in [9.17, 15) is 9.59 Å². The molecule has 0 spiro atoms. The zero-order valence-electron chi connectivity index (χ0n) is 15.0. The van der Waals surface area contributed by atoms with E-state index < -0.39 is 5.54 Å². The number of pyridine rings is 1. The van der Waals surface area contributed by atoms with Gasteiger partial charge < -0.3 is 11.1 Å². The molecule has 0 fully saturated rings. The van der Waals surface area contributed by atoms with Crippen LogP contribution in [0.15, 0.2) is 47.6 Å². The zero-order valence-corrected chi connectivity index (χ0v) is 15.7. The number of aromatic nitrogens is 1. The van der Waals surface area contributed by atoms with E-state index in [-0.39, 0.29) is 29.4 Å². The van der Waals surface area contributed by atoms with Gasteiger partial charge in [0.1, 0.15) is 5.69 Å². The van der Waals surface area contributed by atoms with Crippen molar-refractivity contribution in [3.8, 4) is 0 Å². The Bertz CT molecular complexity index is 913. The molecule has 2 atom stereocenters. The molecular formula is C19H20ClN5O2. The van der Waals surface area contributed by atoms with Crippen LogP contribution in [0.4, 0.5) is 5.69 Å². The van der Waals surface area contributed by atoms with Crippen LogP contribution >= 0.6 is 11.6 Å². The van der Waals surface area contributed by atoms with Gasteiger partial charge in [0.2, 0.25) is 5.91 Å². The summed E-state index contributed by atoms with van der Waals surface area (Å²) in [5.74, 6) is -0.793. The second-order valence-corrected chi connectivity index (χ2v) is 6.93. The summed E-state index contributed by atoms with van der Waals surface area (Å²) < 4.78 is 0. The fourth-order valence-corrected chi connectivity index (χ4v) is 3.40. The third-order valence-corrected chi connectivity index (χ3v) is 4.90. The predicted octanol–water partition coefficient (Wildman–Crippen LogP) is 2.67. The van der Waals surface area contributed by atoms with Gasteiger partial charge in [-0.1, -0.05) is 30.7 Å². The molecule has 1 aliphatic rings. The van der Waals surface area contributed by atoms with Crippen molar-refractivity contribution < 1.29 is 9.59 Å². The molecule has 2 heterocycles. The molecule has 1 aromatic carbocycles. The number of benzene rings is 1. The molecule has 0 bridgehead atoms. The van der Waals surface area contributed by atoms with E-state index in [0.717, 1.165) is 5.56 Å². The van der Waals surface area contributed by atoms with Crippen LogP contribution in [0.1, 0.15) is 36.3 Å². The Morgan fingerprint density at radius 3 is 2.81 bits per heavy atom. The van der Waals surface area contributed by atoms with Crippen LogP contribution in [-0.4, -0.2) is 22.8 Å². The van der Waals surface area contributed by atoms with Crippen LogP contribution in [0.2, 0.25) is 5.02 Å². The summed E-state index contributed by atoms with van der Waals surface area (Å²) in [6.07, 6.45) is 2.02. The van der Waals surface area contributed by atoms with Crippen LogP contribution in [-0.2, 0) is 10.3 Å². The molecule has 1 aromatic heterocycles. The summed E-state index contributed by atoms with van der Waals surface area (Å²) >= 11 is 5.80. The monoisotopic (exact) mass is 385 g/mol. The van der Waals surface area contributed by atoms with Crippen molar-refractivity contribution in [2.45, 2.75) is 25.8 Å². The van der Waals surface area contributed by atoms with Gasteiger partial charge in [0, 0.05) is 11.9 Å². The highest BCUT2D eigenvalue weighted by molar-refractivity contribution is 6.30. The van der Waals surface area contributed by atoms with Gasteiger partial charge in [-0.2, -0.15) is 0 Å². The largest absolute Gasteiger partial charge is 0.370 e. The molecule has 1 unspecified atom stereocenters. The van der Waals surface area contributed by atoms with Crippen LogP contribution in [0.3, 0.4) is 0 Å². The first-order chi connectivity index (χ1) is 12.8. The average Bonchev–Trinajstić information content (AvgIpc) is 2.62. The molecule has 2 aromatic rings. The van der Waals surface area contributed by atoms with Crippen molar-refractivity contribution in [2.24, 2.45) is 16.6 Å². The minimum atomic E-state index is -0.819. The molecule has 27 heavy (non-hydrogen) atoms. The van der Waals surface area contributed by atoms with Crippen molar-refractivity contribution in [3.05, 3.63) is 58.9 Å². The molecule has 0 aliphatic carbocycles. The van der Waals surface area contributed by atoms with Gasteiger partial charge in [-0.15, -0.1) is 0 Å². The van der Waals surface area contributed by atoms with E-state index >= 15 is 0 Å². The maximum Gasteiger partial charge on any atom is 0.274 e. The number of hydrogen-bond acceptors (Lipinski definition) is 5. The van der Waals surface area contributed by atoms with Crippen molar-refractivity contribution in [3.63, 3.8) is 0 Å². The number of rotatable bonds is 4. The third kappa shape index (κ3) is 3.78. The van der Waals surface area contributed by atoms with Gasteiger partial charge in [-0.3, -0.25) is 14.9 Å². The molecule has 7 nitrogen and oxygen atoms in total. The maximum atomic E-state index is 12.4. The molecule has 140 valence electrons. The molecule has 8 heteroatoms. The molecule has 2 amide bonds.